The normalized spacial score (nSPS) is 18.8. The van der Waals surface area contributed by atoms with E-state index in [-0.39, 0.29) is 12.8 Å². The fourth-order valence-electron chi connectivity index (χ4n) is 3.53. The summed E-state index contributed by atoms with van der Waals surface area (Å²) in [6.07, 6.45) is -0.318. The van der Waals surface area contributed by atoms with Gasteiger partial charge in [0, 0.05) is 39.0 Å². The van der Waals surface area contributed by atoms with E-state index in [1.54, 1.807) is 4.90 Å². The number of carbonyl (C=O) groups excluding carboxylic acids is 4. The van der Waals surface area contributed by atoms with Gasteiger partial charge in [-0.2, -0.15) is 0 Å². The van der Waals surface area contributed by atoms with E-state index in [1.165, 1.54) is 0 Å². The number of carbonyl (C=O) groups is 4. The van der Waals surface area contributed by atoms with Crippen LogP contribution in [0.25, 0.3) is 0 Å². The second-order valence-electron chi connectivity index (χ2n) is 8.81. The zero-order valence-electron chi connectivity index (χ0n) is 18.4. The zero-order valence-corrected chi connectivity index (χ0v) is 18.4. The lowest BCUT2D eigenvalue weighted by Crippen LogP contribution is -2.52. The van der Waals surface area contributed by atoms with Gasteiger partial charge in [-0.3, -0.25) is 14.5 Å². The summed E-state index contributed by atoms with van der Waals surface area (Å²) in [5.41, 5.74) is 1.15. The Bertz CT molecular complexity index is 837. The number of hydrogen-bond acceptors (Lipinski definition) is 7. The summed E-state index contributed by atoms with van der Waals surface area (Å²) >= 11 is 0. The van der Waals surface area contributed by atoms with Crippen LogP contribution in [0.5, 0.6) is 0 Å². The molecule has 9 nitrogen and oxygen atoms in total. The third-order valence-electron chi connectivity index (χ3n) is 5.13. The SMILES string of the molecule is Cc1ccc(C(C(=O)ON2C(=O)CCC2=O)N2CCN(C(=O)OC(C)(C)C)CC2)cc1. The molecule has 2 aliphatic heterocycles. The van der Waals surface area contributed by atoms with E-state index < -0.39 is 35.5 Å². The number of rotatable bonds is 4. The summed E-state index contributed by atoms with van der Waals surface area (Å²) < 4.78 is 5.43. The molecule has 0 saturated carbocycles. The predicted octanol–water partition coefficient (Wildman–Crippen LogP) is 2.20. The highest BCUT2D eigenvalue weighted by molar-refractivity contribution is 6.01. The Labute approximate surface area is 181 Å². The van der Waals surface area contributed by atoms with Gasteiger partial charge in [-0.1, -0.05) is 29.8 Å². The van der Waals surface area contributed by atoms with Crippen LogP contribution in [0.2, 0.25) is 0 Å². The van der Waals surface area contributed by atoms with Gasteiger partial charge in [0.25, 0.3) is 11.8 Å². The van der Waals surface area contributed by atoms with E-state index in [2.05, 4.69) is 0 Å². The van der Waals surface area contributed by atoms with Crippen LogP contribution in [-0.4, -0.2) is 70.5 Å². The smallest absolute Gasteiger partial charge is 0.410 e. The number of ether oxygens (including phenoxy) is 1. The molecule has 3 rings (SSSR count). The molecule has 2 aliphatic rings. The fraction of sp³-hybridized carbons (Fsp3) is 0.545. The molecule has 0 N–H and O–H groups in total. The van der Waals surface area contributed by atoms with Crippen LogP contribution in [0.3, 0.4) is 0 Å². The first-order chi connectivity index (χ1) is 14.5. The summed E-state index contributed by atoms with van der Waals surface area (Å²) in [6.45, 7) is 8.96. The van der Waals surface area contributed by atoms with Crippen molar-refractivity contribution in [2.75, 3.05) is 26.2 Å². The van der Waals surface area contributed by atoms with Crippen molar-refractivity contribution in [2.45, 2.75) is 52.2 Å². The third-order valence-corrected chi connectivity index (χ3v) is 5.13. The average Bonchev–Trinajstić information content (AvgIpc) is 3.01. The third kappa shape index (κ3) is 5.61. The van der Waals surface area contributed by atoms with Crippen LogP contribution in [0, 0.1) is 6.92 Å². The Morgan fingerprint density at radius 2 is 1.48 bits per heavy atom. The van der Waals surface area contributed by atoms with E-state index in [0.29, 0.717) is 36.8 Å². The summed E-state index contributed by atoms with van der Waals surface area (Å²) in [7, 11) is 0. The van der Waals surface area contributed by atoms with Crippen molar-refractivity contribution >= 4 is 23.9 Å². The Hall–Kier alpha value is -2.94. The second kappa shape index (κ2) is 9.05. The first-order valence-electron chi connectivity index (χ1n) is 10.4. The number of hydroxylamine groups is 2. The molecule has 31 heavy (non-hydrogen) atoms. The standard InChI is InChI=1S/C22H29N3O6/c1-15-5-7-16(8-6-15)19(20(28)31-25-17(26)9-10-18(25)27)23-11-13-24(14-12-23)21(29)30-22(2,3)4/h5-8,19H,9-14H2,1-4H3. The number of hydrogen-bond donors (Lipinski definition) is 0. The van der Waals surface area contributed by atoms with Gasteiger partial charge in [0.2, 0.25) is 0 Å². The Kier molecular flexibility index (Phi) is 6.64. The molecule has 2 fully saturated rings. The van der Waals surface area contributed by atoms with Gasteiger partial charge in [0.05, 0.1) is 0 Å². The van der Waals surface area contributed by atoms with Crippen molar-refractivity contribution in [2.24, 2.45) is 0 Å². The number of piperazine rings is 1. The summed E-state index contributed by atoms with van der Waals surface area (Å²) in [5.74, 6) is -1.73. The number of benzene rings is 1. The molecular weight excluding hydrogens is 402 g/mol. The topological polar surface area (TPSA) is 96.5 Å². The van der Waals surface area contributed by atoms with E-state index in [1.807, 2.05) is 56.9 Å². The van der Waals surface area contributed by atoms with Crippen LogP contribution in [0.15, 0.2) is 24.3 Å². The quantitative estimate of drug-likeness (QED) is 0.674. The van der Waals surface area contributed by atoms with E-state index in [4.69, 9.17) is 9.57 Å². The molecule has 0 spiro atoms. The minimum Gasteiger partial charge on any atom is -0.444 e. The molecule has 0 aromatic heterocycles. The molecule has 1 atom stereocenters. The highest BCUT2D eigenvalue weighted by atomic mass is 16.7. The van der Waals surface area contributed by atoms with Crippen molar-refractivity contribution < 1.29 is 28.8 Å². The molecule has 2 heterocycles. The number of amides is 3. The van der Waals surface area contributed by atoms with Crippen molar-refractivity contribution in [3.05, 3.63) is 35.4 Å². The molecule has 168 valence electrons. The summed E-state index contributed by atoms with van der Waals surface area (Å²) in [4.78, 5) is 57.9. The first kappa shape index (κ1) is 22.7. The Balaban J connectivity index is 1.74. The first-order valence-corrected chi connectivity index (χ1v) is 10.4. The second-order valence-corrected chi connectivity index (χ2v) is 8.81. The van der Waals surface area contributed by atoms with Gasteiger partial charge in [0.1, 0.15) is 11.6 Å². The minimum absolute atomic E-state index is 0.0376. The van der Waals surface area contributed by atoms with Crippen molar-refractivity contribution in [3.63, 3.8) is 0 Å². The molecule has 9 heteroatoms. The van der Waals surface area contributed by atoms with E-state index in [9.17, 15) is 19.2 Å². The zero-order chi connectivity index (χ0) is 22.8. The maximum atomic E-state index is 13.1. The summed E-state index contributed by atoms with van der Waals surface area (Å²) in [6, 6.07) is 6.63. The van der Waals surface area contributed by atoms with Gasteiger partial charge in [0.15, 0.2) is 0 Å². The fourth-order valence-corrected chi connectivity index (χ4v) is 3.53. The lowest BCUT2D eigenvalue weighted by Gasteiger charge is -2.38. The largest absolute Gasteiger partial charge is 0.444 e. The van der Waals surface area contributed by atoms with Gasteiger partial charge in [-0.05, 0) is 33.3 Å². The van der Waals surface area contributed by atoms with Crippen molar-refractivity contribution in [3.8, 4) is 0 Å². The molecule has 1 aromatic rings. The van der Waals surface area contributed by atoms with E-state index >= 15 is 0 Å². The summed E-state index contributed by atoms with van der Waals surface area (Å²) in [5, 5.41) is 0.570. The van der Waals surface area contributed by atoms with Gasteiger partial charge < -0.3 is 14.5 Å². The Morgan fingerprint density at radius 1 is 0.935 bits per heavy atom. The molecule has 3 amide bonds. The number of imide groups is 1. The number of nitrogens with zero attached hydrogens (tertiary/aromatic N) is 3. The Morgan fingerprint density at radius 3 is 2.00 bits per heavy atom. The van der Waals surface area contributed by atoms with Crippen molar-refractivity contribution in [1.82, 2.24) is 14.9 Å². The lowest BCUT2D eigenvalue weighted by atomic mass is 10.0. The van der Waals surface area contributed by atoms with Crippen LogP contribution < -0.4 is 0 Å². The highest BCUT2D eigenvalue weighted by Gasteiger charge is 2.38. The maximum Gasteiger partial charge on any atom is 0.410 e. The molecule has 0 aliphatic carbocycles. The minimum atomic E-state index is -0.803. The molecular formula is C22H29N3O6. The number of aryl methyl sites for hydroxylation is 1. The average molecular weight is 431 g/mol. The van der Waals surface area contributed by atoms with Crippen molar-refractivity contribution in [1.29, 1.82) is 0 Å². The lowest BCUT2D eigenvalue weighted by molar-refractivity contribution is -0.202. The molecule has 1 aromatic carbocycles. The maximum absolute atomic E-state index is 13.1. The van der Waals surface area contributed by atoms with Crippen LogP contribution in [0.1, 0.15) is 50.8 Å². The predicted molar refractivity (Wildman–Crippen MR) is 110 cm³/mol. The van der Waals surface area contributed by atoms with Gasteiger partial charge >= 0.3 is 12.1 Å². The van der Waals surface area contributed by atoms with E-state index in [0.717, 1.165) is 5.56 Å². The van der Waals surface area contributed by atoms with Crippen LogP contribution >= 0.6 is 0 Å². The monoisotopic (exact) mass is 431 g/mol. The van der Waals surface area contributed by atoms with Gasteiger partial charge in [-0.15, -0.1) is 5.06 Å². The molecule has 1 unspecified atom stereocenters. The van der Waals surface area contributed by atoms with Gasteiger partial charge in [-0.25, -0.2) is 9.59 Å². The van der Waals surface area contributed by atoms with Crippen LogP contribution in [0.4, 0.5) is 4.79 Å². The highest BCUT2D eigenvalue weighted by Crippen LogP contribution is 2.26. The molecule has 0 bridgehead atoms. The molecule has 2 saturated heterocycles. The molecule has 0 radical (unpaired) electrons. The van der Waals surface area contributed by atoms with Crippen LogP contribution in [-0.2, 0) is 24.0 Å².